The van der Waals surface area contributed by atoms with Crippen molar-refractivity contribution >= 4 is 47.3 Å². The first-order valence-electron chi connectivity index (χ1n) is 18.0. The van der Waals surface area contributed by atoms with E-state index in [1.807, 2.05) is 45.9 Å². The topological polar surface area (TPSA) is 168 Å². The van der Waals surface area contributed by atoms with Crippen LogP contribution in [0.4, 0.5) is 0 Å². The summed E-state index contributed by atoms with van der Waals surface area (Å²) in [5, 5.41) is 42.9. The van der Waals surface area contributed by atoms with Gasteiger partial charge in [0.05, 0.1) is 46.6 Å². The van der Waals surface area contributed by atoms with E-state index < -0.39 is 18.0 Å². The number of fused-ring (bicyclic) bond motifs is 5. The van der Waals surface area contributed by atoms with E-state index in [2.05, 4.69) is 30.6 Å². The number of nitrogens with one attached hydrogen (secondary N) is 1. The Morgan fingerprint density at radius 1 is 0.849 bits per heavy atom. The average Bonchev–Trinajstić information content (AvgIpc) is 3.79. The van der Waals surface area contributed by atoms with Crippen LogP contribution in [0.5, 0.6) is 0 Å². The number of nitrogens with zero attached hydrogens (tertiary/aromatic N) is 3. The highest BCUT2D eigenvalue weighted by Crippen LogP contribution is 2.37. The molecule has 53 heavy (non-hydrogen) atoms. The van der Waals surface area contributed by atoms with Crippen molar-refractivity contribution in [1.29, 1.82) is 0 Å². The van der Waals surface area contributed by atoms with Crippen molar-refractivity contribution < 1.29 is 30.0 Å². The van der Waals surface area contributed by atoms with E-state index in [-0.39, 0.29) is 25.7 Å². The first-order chi connectivity index (χ1) is 25.4. The van der Waals surface area contributed by atoms with Gasteiger partial charge >= 0.3 is 11.9 Å². The van der Waals surface area contributed by atoms with Crippen LogP contribution in [0.3, 0.4) is 0 Å². The van der Waals surface area contributed by atoms with Gasteiger partial charge in [-0.2, -0.15) is 0 Å². The Hall–Kier alpha value is -5.61. The highest BCUT2D eigenvalue weighted by Gasteiger charge is 2.30. The summed E-state index contributed by atoms with van der Waals surface area (Å²) in [6, 6.07) is 0. The predicted molar refractivity (Wildman–Crippen MR) is 212 cm³/mol. The molecule has 1 atom stereocenters. The molecule has 1 aromatic heterocycles. The second kappa shape index (κ2) is 16.8. The molecule has 0 fully saturated rings. The number of carboxylic acids is 2. The normalized spacial score (nSPS) is 18.6. The number of carbonyl (C=O) groups is 2. The Labute approximate surface area is 309 Å². The lowest BCUT2D eigenvalue weighted by Gasteiger charge is -2.13. The summed E-state index contributed by atoms with van der Waals surface area (Å²) in [7, 11) is 0. The minimum Gasteiger partial charge on any atom is -0.515 e. The zero-order valence-electron chi connectivity index (χ0n) is 31.1. The predicted octanol–water partition coefficient (Wildman–Crippen LogP) is 7.17. The van der Waals surface area contributed by atoms with E-state index in [9.17, 15) is 30.0 Å². The summed E-state index contributed by atoms with van der Waals surface area (Å²) < 4.78 is 0. The molecular weight excluding hydrogens is 668 g/mol. The number of aliphatic hydroxyl groups excluding tert-OH is 2. The van der Waals surface area contributed by atoms with Gasteiger partial charge in [-0.1, -0.05) is 36.5 Å². The van der Waals surface area contributed by atoms with Crippen molar-refractivity contribution in [3.05, 3.63) is 121 Å². The van der Waals surface area contributed by atoms with Gasteiger partial charge in [0.1, 0.15) is 0 Å². The third-order valence-corrected chi connectivity index (χ3v) is 10.0. The fraction of sp³-hybridized carbons (Fsp3) is 0.326. The lowest BCUT2D eigenvalue weighted by atomic mass is 9.94. The molecule has 0 aromatic carbocycles. The van der Waals surface area contributed by atoms with Crippen LogP contribution < -0.4 is 10.7 Å². The Kier molecular flexibility index (Phi) is 12.3. The molecule has 0 saturated heterocycles. The van der Waals surface area contributed by atoms with Crippen molar-refractivity contribution in [2.45, 2.75) is 92.1 Å². The summed E-state index contributed by atoms with van der Waals surface area (Å²) in [4.78, 5) is 41.7. The zero-order chi connectivity index (χ0) is 38.4. The summed E-state index contributed by atoms with van der Waals surface area (Å²) >= 11 is 0. The van der Waals surface area contributed by atoms with Crippen molar-refractivity contribution in [3.63, 3.8) is 0 Å². The minimum absolute atomic E-state index is 0.0859. The highest BCUT2D eigenvalue weighted by molar-refractivity contribution is 6.25. The Morgan fingerprint density at radius 2 is 1.53 bits per heavy atom. The largest absolute Gasteiger partial charge is 0.515 e. The van der Waals surface area contributed by atoms with Gasteiger partial charge in [-0.25, -0.2) is 15.0 Å². The average molecular weight is 717 g/mol. The summed E-state index contributed by atoms with van der Waals surface area (Å²) in [6.07, 6.45) is 18.7. The van der Waals surface area contributed by atoms with Gasteiger partial charge in [-0.05, 0) is 125 Å². The fourth-order valence-electron chi connectivity index (χ4n) is 7.05. The van der Waals surface area contributed by atoms with E-state index in [0.717, 1.165) is 57.6 Å². The van der Waals surface area contributed by atoms with Crippen LogP contribution in [0.2, 0.25) is 0 Å². The van der Waals surface area contributed by atoms with Crippen LogP contribution >= 0.6 is 0 Å². The van der Waals surface area contributed by atoms with E-state index in [0.29, 0.717) is 63.8 Å². The number of aliphatic hydroxyl groups is 2. The van der Waals surface area contributed by atoms with E-state index in [1.54, 1.807) is 18.2 Å². The van der Waals surface area contributed by atoms with Crippen molar-refractivity contribution in [2.24, 2.45) is 15.0 Å². The molecule has 5 N–H and O–H groups in total. The second-order valence-corrected chi connectivity index (χ2v) is 13.6. The van der Waals surface area contributed by atoms with E-state index in [4.69, 9.17) is 15.0 Å². The third-order valence-electron chi connectivity index (χ3n) is 10.0. The fourth-order valence-corrected chi connectivity index (χ4v) is 7.05. The number of H-pyrrole nitrogens is 1. The number of aromatic amines is 1. The third kappa shape index (κ3) is 8.55. The van der Waals surface area contributed by atoms with Crippen LogP contribution in [0.25, 0.3) is 18.2 Å². The van der Waals surface area contributed by atoms with Gasteiger partial charge in [0.15, 0.2) is 0 Å². The molecule has 10 heteroatoms. The Balaban J connectivity index is 1.72. The van der Waals surface area contributed by atoms with Crippen molar-refractivity contribution in [1.82, 2.24) is 4.98 Å². The highest BCUT2D eigenvalue weighted by atomic mass is 16.4. The number of rotatable bonds is 14. The smallest absolute Gasteiger partial charge is 0.303 e. The molecule has 0 spiro atoms. The first-order valence-corrected chi connectivity index (χ1v) is 18.0. The van der Waals surface area contributed by atoms with Crippen LogP contribution in [-0.4, -0.2) is 60.6 Å². The number of hydrogen-bond donors (Lipinski definition) is 5. The first kappa shape index (κ1) is 38.6. The number of aliphatic imine (C=N–C) groups is 3. The van der Waals surface area contributed by atoms with Gasteiger partial charge in [0.25, 0.3) is 0 Å². The minimum atomic E-state index is -1.00. The number of carboxylic acid groups (broad SMARTS) is 2. The van der Waals surface area contributed by atoms with Gasteiger partial charge in [0, 0.05) is 40.2 Å². The van der Waals surface area contributed by atoms with Crippen molar-refractivity contribution in [2.75, 3.05) is 0 Å². The Morgan fingerprint density at radius 3 is 2.19 bits per heavy atom. The molecular formula is C43H48N4O6. The number of aromatic nitrogens is 1. The lowest BCUT2D eigenvalue weighted by Crippen LogP contribution is -2.20. The standard InChI is InChI=1S/C43H48N4O6/c1-7-9-10-12-24(3)13-11-14-40(49)43-27(6)34-20-38-31(23-48)30(16-18-42(52)53)37(47-38)22-36-29(15-17-41(50)51)26(5)32(45-36)19-35-28(8-2)25(4)33(44-35)21-39(43)46-34/h7-9,13,19-23,40,44,48-49H,2,10-12,14-18H2,1,3-6H3,(H,50,51)(H,52,53)/b9-7-,24-13+,31-23?,33-21?,34-20?,35-19?,36-22?/t40-/m0/s1. The number of aliphatic carboxylic acids is 2. The molecule has 276 valence electrons. The quantitative estimate of drug-likeness (QED) is 0.101. The zero-order valence-corrected chi connectivity index (χ0v) is 31.1. The maximum atomic E-state index is 11.7. The summed E-state index contributed by atoms with van der Waals surface area (Å²) in [5.74, 6) is -1.94. The maximum absolute atomic E-state index is 11.7. The SMILES string of the molecule is C=Cc1c(C)c2[nH]c1=CC1=NC(=CC3=C(CCC(=O)O)C(=CO)C(=N3)C=C3N=C(C=2)C([C@@H](O)CC/C=C(\C)CC/C=C\C)=C3C)C(CCC(=O)O)=C1C. The molecule has 4 aliphatic heterocycles. The molecule has 0 aliphatic carbocycles. The molecule has 0 unspecified atom stereocenters. The number of allylic oxidation sites excluding steroid dienone is 11. The van der Waals surface area contributed by atoms with Crippen LogP contribution in [0.15, 0.2) is 114 Å². The molecule has 4 aliphatic rings. The number of hydrogen-bond acceptors (Lipinski definition) is 7. The van der Waals surface area contributed by atoms with Crippen LogP contribution in [0.1, 0.15) is 90.2 Å². The molecule has 0 radical (unpaired) electrons. The maximum Gasteiger partial charge on any atom is 0.303 e. The summed E-state index contributed by atoms with van der Waals surface area (Å²) in [6.45, 7) is 14.0. The lowest BCUT2D eigenvalue weighted by molar-refractivity contribution is -0.137. The van der Waals surface area contributed by atoms with Crippen LogP contribution in [0, 0.1) is 6.92 Å². The molecule has 5 rings (SSSR count). The Bertz CT molecular complexity index is 2220. The second-order valence-electron chi connectivity index (χ2n) is 13.6. The van der Waals surface area contributed by atoms with Gasteiger partial charge in [-0.3, -0.25) is 9.59 Å². The van der Waals surface area contributed by atoms with Gasteiger partial charge < -0.3 is 25.4 Å². The van der Waals surface area contributed by atoms with E-state index >= 15 is 0 Å². The molecule has 0 saturated carbocycles. The van der Waals surface area contributed by atoms with Gasteiger partial charge in [-0.15, -0.1) is 0 Å². The van der Waals surface area contributed by atoms with E-state index in [1.165, 1.54) is 5.57 Å². The molecule has 8 bridgehead atoms. The van der Waals surface area contributed by atoms with Crippen molar-refractivity contribution in [3.8, 4) is 0 Å². The summed E-state index contributed by atoms with van der Waals surface area (Å²) in [5.41, 5.74) is 10.1. The van der Waals surface area contributed by atoms with Crippen LogP contribution in [-0.2, 0) is 9.59 Å². The monoisotopic (exact) mass is 716 g/mol. The molecule has 5 heterocycles. The molecule has 10 nitrogen and oxygen atoms in total. The molecule has 0 amide bonds. The van der Waals surface area contributed by atoms with Gasteiger partial charge in [0.2, 0.25) is 0 Å². The molecule has 1 aromatic rings.